The van der Waals surface area contributed by atoms with Gasteiger partial charge in [-0.1, -0.05) is 22.6 Å². The zero-order valence-corrected chi connectivity index (χ0v) is 8.92. The molecule has 0 unspecified atom stereocenters. The molecule has 0 amide bonds. The van der Waals surface area contributed by atoms with Crippen LogP contribution in [0.25, 0.3) is 0 Å². The third-order valence-electron chi connectivity index (χ3n) is 1.02. The Balaban J connectivity index is 3.54. The van der Waals surface area contributed by atoms with Gasteiger partial charge in [-0.05, 0) is 13.8 Å². The molecule has 0 saturated heterocycles. The third-order valence-corrected chi connectivity index (χ3v) is 1.46. The van der Waals surface area contributed by atoms with Crippen molar-refractivity contribution in [2.24, 2.45) is 0 Å². The summed E-state index contributed by atoms with van der Waals surface area (Å²) in [6.45, 7) is 3.94. The minimum Gasteiger partial charge on any atom is -0.465 e. The highest BCUT2D eigenvalue weighted by molar-refractivity contribution is 14.1. The van der Waals surface area contributed by atoms with Gasteiger partial charge in [-0.2, -0.15) is 0 Å². The first-order chi connectivity index (χ1) is 4.98. The highest BCUT2D eigenvalue weighted by atomic mass is 127. The van der Waals surface area contributed by atoms with Crippen molar-refractivity contribution in [1.29, 1.82) is 0 Å². The number of hydrogen-bond acceptors (Lipinski definition) is 3. The Morgan fingerprint density at radius 3 is 2.55 bits per heavy atom. The summed E-state index contributed by atoms with van der Waals surface area (Å²) in [7, 11) is 0. The van der Waals surface area contributed by atoms with Crippen LogP contribution in [-0.2, 0) is 9.53 Å². The van der Waals surface area contributed by atoms with Gasteiger partial charge in [0, 0.05) is 13.0 Å². The quantitative estimate of drug-likeness (QED) is 0.361. The summed E-state index contributed by atoms with van der Waals surface area (Å²) in [5.41, 5.74) is 0. The van der Waals surface area contributed by atoms with E-state index in [1.165, 1.54) is 0 Å². The zero-order valence-electron chi connectivity index (χ0n) is 6.76. The Labute approximate surface area is 80.3 Å². The third kappa shape index (κ3) is 5.43. The van der Waals surface area contributed by atoms with E-state index < -0.39 is 3.42 Å². The van der Waals surface area contributed by atoms with Gasteiger partial charge in [0.15, 0.2) is 0 Å². The van der Waals surface area contributed by atoms with Crippen LogP contribution in [0.4, 0.5) is 0 Å². The molecule has 0 aliphatic rings. The monoisotopic (exact) mass is 272 g/mol. The molecule has 0 aliphatic carbocycles. The van der Waals surface area contributed by atoms with Crippen molar-refractivity contribution in [3.05, 3.63) is 0 Å². The molecule has 3 nitrogen and oxygen atoms in total. The highest BCUT2D eigenvalue weighted by Gasteiger charge is 2.24. The van der Waals surface area contributed by atoms with Gasteiger partial charge in [-0.3, -0.25) is 4.79 Å². The second-order valence-electron chi connectivity index (χ2n) is 2.69. The van der Waals surface area contributed by atoms with Crippen LogP contribution in [0.5, 0.6) is 0 Å². The first kappa shape index (κ1) is 11.2. The van der Waals surface area contributed by atoms with Crippen LogP contribution in [-0.4, -0.2) is 27.7 Å². The lowest BCUT2D eigenvalue weighted by Gasteiger charge is -2.14. The predicted molar refractivity (Wildman–Crippen MR) is 50.8 cm³/mol. The largest absolute Gasteiger partial charge is 0.465 e. The lowest BCUT2D eigenvalue weighted by atomic mass is 10.2. The van der Waals surface area contributed by atoms with Crippen LogP contribution in [0.15, 0.2) is 0 Å². The SMILES string of the molecule is CC(C)(I)C(=O)OCCCO. The molecule has 0 spiro atoms. The number of carbonyl (C=O) groups is 1. The maximum atomic E-state index is 11.0. The van der Waals surface area contributed by atoms with E-state index in [2.05, 4.69) is 0 Å². The van der Waals surface area contributed by atoms with E-state index in [0.29, 0.717) is 13.0 Å². The molecule has 0 bridgehead atoms. The van der Waals surface area contributed by atoms with Gasteiger partial charge >= 0.3 is 5.97 Å². The van der Waals surface area contributed by atoms with Gasteiger partial charge in [0.25, 0.3) is 0 Å². The topological polar surface area (TPSA) is 46.5 Å². The number of rotatable bonds is 4. The van der Waals surface area contributed by atoms with Gasteiger partial charge in [0.2, 0.25) is 0 Å². The standard InChI is InChI=1S/C7H13IO3/c1-7(2,8)6(10)11-5-3-4-9/h9H,3-5H2,1-2H3. The van der Waals surface area contributed by atoms with Crippen LogP contribution in [0.2, 0.25) is 0 Å². The fourth-order valence-corrected chi connectivity index (χ4v) is 0.557. The number of aliphatic hydroxyl groups is 1. The first-order valence-electron chi connectivity index (χ1n) is 3.45. The van der Waals surface area contributed by atoms with Gasteiger partial charge < -0.3 is 9.84 Å². The molecule has 66 valence electrons. The van der Waals surface area contributed by atoms with Gasteiger partial charge in [-0.25, -0.2) is 0 Å². The van der Waals surface area contributed by atoms with Crippen molar-refractivity contribution in [3.63, 3.8) is 0 Å². The minimum atomic E-state index is -0.465. The Hall–Kier alpha value is 0.160. The van der Waals surface area contributed by atoms with Crippen molar-refractivity contribution in [3.8, 4) is 0 Å². The summed E-state index contributed by atoms with van der Waals surface area (Å²) in [6, 6.07) is 0. The molecule has 0 aromatic carbocycles. The number of esters is 1. The van der Waals surface area contributed by atoms with Crippen LogP contribution in [0, 0.1) is 0 Å². The fraction of sp³-hybridized carbons (Fsp3) is 0.857. The van der Waals surface area contributed by atoms with Gasteiger partial charge in [-0.15, -0.1) is 0 Å². The van der Waals surface area contributed by atoms with Crippen LogP contribution in [0.1, 0.15) is 20.3 Å². The van der Waals surface area contributed by atoms with Gasteiger partial charge in [0.05, 0.1) is 6.61 Å². The van der Waals surface area contributed by atoms with E-state index in [4.69, 9.17) is 9.84 Å². The number of alkyl halides is 1. The zero-order chi connectivity index (χ0) is 8.91. The Kier molecular flexibility index (Phi) is 4.99. The first-order valence-corrected chi connectivity index (χ1v) is 4.53. The minimum absolute atomic E-state index is 0.0644. The Morgan fingerprint density at radius 1 is 1.64 bits per heavy atom. The second kappa shape index (κ2) is 4.92. The molecule has 0 radical (unpaired) electrons. The molecular weight excluding hydrogens is 259 g/mol. The van der Waals surface area contributed by atoms with Crippen LogP contribution >= 0.6 is 22.6 Å². The maximum Gasteiger partial charge on any atom is 0.321 e. The number of ether oxygens (including phenoxy) is 1. The smallest absolute Gasteiger partial charge is 0.321 e. The molecule has 0 aliphatic heterocycles. The fourth-order valence-electron chi connectivity index (χ4n) is 0.401. The molecule has 0 aromatic rings. The summed E-state index contributed by atoms with van der Waals surface area (Å²) in [5.74, 6) is -0.230. The number of halogens is 1. The maximum absolute atomic E-state index is 11.0. The average molecular weight is 272 g/mol. The van der Waals surface area contributed by atoms with Crippen molar-refractivity contribution in [1.82, 2.24) is 0 Å². The lowest BCUT2D eigenvalue weighted by molar-refractivity contribution is -0.145. The van der Waals surface area contributed by atoms with E-state index >= 15 is 0 Å². The van der Waals surface area contributed by atoms with E-state index in [-0.39, 0.29) is 12.6 Å². The molecule has 0 rings (SSSR count). The molecule has 4 heteroatoms. The molecule has 0 fully saturated rings. The summed E-state index contributed by atoms with van der Waals surface area (Å²) >= 11 is 2.02. The Morgan fingerprint density at radius 2 is 2.18 bits per heavy atom. The van der Waals surface area contributed by atoms with Crippen molar-refractivity contribution < 1.29 is 14.6 Å². The Bertz CT molecular complexity index is 128. The molecular formula is C7H13IO3. The number of hydrogen-bond donors (Lipinski definition) is 1. The molecule has 0 heterocycles. The van der Waals surface area contributed by atoms with E-state index in [9.17, 15) is 4.79 Å². The summed E-state index contributed by atoms with van der Waals surface area (Å²) in [4.78, 5) is 11.0. The molecule has 0 aromatic heterocycles. The van der Waals surface area contributed by atoms with Crippen molar-refractivity contribution >= 4 is 28.6 Å². The number of aliphatic hydroxyl groups excluding tert-OH is 1. The lowest BCUT2D eigenvalue weighted by Crippen LogP contribution is -2.26. The number of carbonyl (C=O) groups excluding carboxylic acids is 1. The average Bonchev–Trinajstić information content (AvgIpc) is 1.86. The van der Waals surface area contributed by atoms with Gasteiger partial charge in [0.1, 0.15) is 3.42 Å². The van der Waals surface area contributed by atoms with Crippen molar-refractivity contribution in [2.75, 3.05) is 13.2 Å². The van der Waals surface area contributed by atoms with E-state index in [1.54, 1.807) is 13.8 Å². The molecule has 0 atom stereocenters. The van der Waals surface area contributed by atoms with E-state index in [1.807, 2.05) is 22.6 Å². The van der Waals surface area contributed by atoms with Crippen LogP contribution in [0.3, 0.4) is 0 Å². The second-order valence-corrected chi connectivity index (χ2v) is 5.38. The molecule has 1 N–H and O–H groups in total. The van der Waals surface area contributed by atoms with Crippen LogP contribution < -0.4 is 0 Å². The predicted octanol–water partition coefficient (Wildman–Crippen LogP) is 1.13. The van der Waals surface area contributed by atoms with E-state index in [0.717, 1.165) is 0 Å². The normalized spacial score (nSPS) is 11.3. The molecule has 11 heavy (non-hydrogen) atoms. The summed E-state index contributed by atoms with van der Waals surface area (Å²) in [5, 5.41) is 8.39. The van der Waals surface area contributed by atoms with Crippen molar-refractivity contribution in [2.45, 2.75) is 23.7 Å². The summed E-state index contributed by atoms with van der Waals surface area (Å²) in [6.07, 6.45) is 0.512. The highest BCUT2D eigenvalue weighted by Crippen LogP contribution is 2.18. The molecule has 0 saturated carbocycles. The summed E-state index contributed by atoms with van der Waals surface area (Å²) < 4.78 is 4.38.